The van der Waals surface area contributed by atoms with Crippen LogP contribution >= 0.6 is 0 Å². The Morgan fingerprint density at radius 3 is 2.70 bits per heavy atom. The highest BCUT2D eigenvalue weighted by Crippen LogP contribution is 2.25. The lowest BCUT2D eigenvalue weighted by Gasteiger charge is -2.20. The molecule has 1 aliphatic rings. The summed E-state index contributed by atoms with van der Waals surface area (Å²) in [7, 11) is 5.43. The minimum Gasteiger partial charge on any atom is -0.303 e. The van der Waals surface area contributed by atoms with Crippen LogP contribution in [0.2, 0.25) is 5.82 Å². The Bertz CT molecular complexity index is 156. The smallest absolute Gasteiger partial charge is 0.128 e. The van der Waals surface area contributed by atoms with Crippen LogP contribution in [0.5, 0.6) is 0 Å². The lowest BCUT2D eigenvalue weighted by molar-refractivity contribution is -0.124. The molecular weight excluding hydrogens is 127 g/mol. The second-order valence-electron chi connectivity index (χ2n) is 2.75. The van der Waals surface area contributed by atoms with E-state index in [0.717, 1.165) is 12.7 Å². The second-order valence-corrected chi connectivity index (χ2v) is 2.75. The van der Waals surface area contributed by atoms with Crippen molar-refractivity contribution in [1.29, 1.82) is 0 Å². The highest BCUT2D eigenvalue weighted by Gasteiger charge is 2.23. The molecule has 0 spiro atoms. The summed E-state index contributed by atoms with van der Waals surface area (Å²) in [5, 5.41) is 0. The molecule has 2 atom stereocenters. The quantitative estimate of drug-likeness (QED) is 0.388. The van der Waals surface area contributed by atoms with Crippen LogP contribution in [0.1, 0.15) is 19.3 Å². The number of ketones is 1. The molecule has 2 nitrogen and oxygen atoms in total. The van der Waals surface area contributed by atoms with Crippen LogP contribution in [0.25, 0.3) is 0 Å². The second kappa shape index (κ2) is 2.99. The summed E-state index contributed by atoms with van der Waals surface area (Å²) in [5.41, 5.74) is 0. The van der Waals surface area contributed by atoms with E-state index in [0.29, 0.717) is 12.8 Å². The first-order valence-corrected chi connectivity index (χ1v) is 3.47. The summed E-state index contributed by atoms with van der Waals surface area (Å²) >= 11 is 0. The predicted molar refractivity (Wildman–Crippen MR) is 37.9 cm³/mol. The fourth-order valence-corrected chi connectivity index (χ4v) is 1.18. The van der Waals surface area contributed by atoms with E-state index in [1.165, 1.54) is 0 Å². The van der Waals surface area contributed by atoms with E-state index in [9.17, 15) is 9.59 Å². The SMILES string of the molecule is [B]C1CCC(C=O)CC1=O. The zero-order chi connectivity index (χ0) is 7.56. The number of rotatable bonds is 1. The molecule has 0 aromatic rings. The van der Waals surface area contributed by atoms with E-state index in [4.69, 9.17) is 7.85 Å². The molecule has 10 heavy (non-hydrogen) atoms. The molecule has 0 aromatic heterocycles. The van der Waals surface area contributed by atoms with Crippen molar-refractivity contribution in [3.05, 3.63) is 0 Å². The fraction of sp³-hybridized carbons (Fsp3) is 0.714. The van der Waals surface area contributed by atoms with E-state index < -0.39 is 0 Å². The van der Waals surface area contributed by atoms with Crippen molar-refractivity contribution < 1.29 is 9.59 Å². The molecule has 1 fully saturated rings. The molecule has 0 N–H and O–H groups in total. The van der Waals surface area contributed by atoms with Gasteiger partial charge in [-0.25, -0.2) is 0 Å². The summed E-state index contributed by atoms with van der Waals surface area (Å²) < 4.78 is 0. The van der Waals surface area contributed by atoms with Crippen molar-refractivity contribution in [3.63, 3.8) is 0 Å². The Morgan fingerprint density at radius 2 is 2.20 bits per heavy atom. The van der Waals surface area contributed by atoms with Gasteiger partial charge in [0.1, 0.15) is 12.1 Å². The van der Waals surface area contributed by atoms with Gasteiger partial charge in [-0.3, -0.25) is 0 Å². The first-order chi connectivity index (χ1) is 4.74. The zero-order valence-electron chi connectivity index (χ0n) is 5.75. The van der Waals surface area contributed by atoms with Crippen LogP contribution in [0, 0.1) is 5.92 Å². The van der Waals surface area contributed by atoms with Crippen molar-refractivity contribution in [2.45, 2.75) is 25.1 Å². The van der Waals surface area contributed by atoms with Crippen LogP contribution < -0.4 is 0 Å². The molecule has 1 saturated carbocycles. The maximum absolute atomic E-state index is 10.9. The normalized spacial score (nSPS) is 33.8. The summed E-state index contributed by atoms with van der Waals surface area (Å²) in [6, 6.07) is 0. The topological polar surface area (TPSA) is 34.1 Å². The van der Waals surface area contributed by atoms with Gasteiger partial charge in [-0.15, -0.1) is 0 Å². The van der Waals surface area contributed by atoms with Crippen LogP contribution in [-0.2, 0) is 9.59 Å². The number of carbonyl (C=O) groups is 2. The van der Waals surface area contributed by atoms with Crippen molar-refractivity contribution in [3.8, 4) is 0 Å². The van der Waals surface area contributed by atoms with Crippen molar-refractivity contribution >= 4 is 19.9 Å². The maximum Gasteiger partial charge on any atom is 0.128 e. The standard InChI is InChI=1S/C7H9BO2/c8-6-2-1-5(4-9)3-7(6)10/h4-6H,1-3H2. The molecule has 1 rings (SSSR count). The van der Waals surface area contributed by atoms with Gasteiger partial charge in [0.15, 0.2) is 0 Å². The Hall–Kier alpha value is -0.595. The van der Waals surface area contributed by atoms with E-state index in [-0.39, 0.29) is 17.5 Å². The predicted octanol–water partition coefficient (Wildman–Crippen LogP) is 0.511. The molecular formula is C7H9BO2. The summed E-state index contributed by atoms with van der Waals surface area (Å²) in [6.45, 7) is 0. The molecule has 3 heteroatoms. The highest BCUT2D eigenvalue weighted by molar-refractivity contribution is 6.24. The molecule has 0 aliphatic heterocycles. The number of carbonyl (C=O) groups excluding carboxylic acids is 2. The van der Waals surface area contributed by atoms with Crippen molar-refractivity contribution in [2.24, 2.45) is 5.92 Å². The lowest BCUT2D eigenvalue weighted by atomic mass is 9.71. The van der Waals surface area contributed by atoms with Crippen LogP contribution in [0.15, 0.2) is 0 Å². The molecule has 0 saturated heterocycles. The number of aldehydes is 1. The van der Waals surface area contributed by atoms with Gasteiger partial charge in [0.25, 0.3) is 0 Å². The Balaban J connectivity index is 2.48. The van der Waals surface area contributed by atoms with Gasteiger partial charge >= 0.3 is 0 Å². The third kappa shape index (κ3) is 1.46. The highest BCUT2D eigenvalue weighted by atomic mass is 16.1. The molecule has 0 aromatic carbocycles. The maximum atomic E-state index is 10.9. The minimum absolute atomic E-state index is 0.0309. The number of Topliss-reactive ketones (excluding diaryl/α,β-unsaturated/α-hetero) is 1. The molecule has 52 valence electrons. The van der Waals surface area contributed by atoms with Gasteiger partial charge < -0.3 is 9.59 Å². The van der Waals surface area contributed by atoms with E-state index >= 15 is 0 Å². The van der Waals surface area contributed by atoms with E-state index in [2.05, 4.69) is 0 Å². The van der Waals surface area contributed by atoms with Gasteiger partial charge in [0, 0.05) is 12.3 Å². The van der Waals surface area contributed by atoms with Crippen molar-refractivity contribution in [2.75, 3.05) is 0 Å². The largest absolute Gasteiger partial charge is 0.303 e. The van der Waals surface area contributed by atoms with Gasteiger partial charge in [0.05, 0.1) is 7.85 Å². The van der Waals surface area contributed by atoms with Crippen LogP contribution in [-0.4, -0.2) is 19.9 Å². The van der Waals surface area contributed by atoms with Crippen LogP contribution in [0.3, 0.4) is 0 Å². The molecule has 2 unspecified atom stereocenters. The van der Waals surface area contributed by atoms with Gasteiger partial charge in [-0.05, 0) is 12.2 Å². The van der Waals surface area contributed by atoms with E-state index in [1.54, 1.807) is 0 Å². The zero-order valence-corrected chi connectivity index (χ0v) is 5.75. The lowest BCUT2D eigenvalue weighted by Crippen LogP contribution is -2.21. The third-order valence-electron chi connectivity index (χ3n) is 1.92. The van der Waals surface area contributed by atoms with Crippen LogP contribution in [0.4, 0.5) is 0 Å². The Labute approximate surface area is 61.4 Å². The average Bonchev–Trinajstić information content (AvgIpc) is 1.95. The molecule has 2 radical (unpaired) electrons. The Morgan fingerprint density at radius 1 is 1.50 bits per heavy atom. The minimum atomic E-state index is -0.309. The molecule has 0 amide bonds. The first kappa shape index (κ1) is 7.51. The Kier molecular flexibility index (Phi) is 2.25. The van der Waals surface area contributed by atoms with Gasteiger partial charge in [-0.2, -0.15) is 0 Å². The number of hydrogen-bond donors (Lipinski definition) is 0. The third-order valence-corrected chi connectivity index (χ3v) is 1.92. The summed E-state index contributed by atoms with van der Waals surface area (Å²) in [5.74, 6) is -0.341. The number of hydrogen-bond acceptors (Lipinski definition) is 2. The monoisotopic (exact) mass is 136 g/mol. The summed E-state index contributed by atoms with van der Waals surface area (Å²) in [4.78, 5) is 21.1. The summed E-state index contributed by atoms with van der Waals surface area (Å²) in [6.07, 6.45) is 2.65. The molecule has 0 heterocycles. The fourth-order valence-electron chi connectivity index (χ4n) is 1.18. The molecule has 0 bridgehead atoms. The van der Waals surface area contributed by atoms with Gasteiger partial charge in [0.2, 0.25) is 0 Å². The first-order valence-electron chi connectivity index (χ1n) is 3.47. The van der Waals surface area contributed by atoms with Crippen molar-refractivity contribution in [1.82, 2.24) is 0 Å². The molecule has 1 aliphatic carbocycles. The van der Waals surface area contributed by atoms with Gasteiger partial charge in [-0.1, -0.05) is 6.42 Å². The van der Waals surface area contributed by atoms with E-state index in [1.807, 2.05) is 0 Å². The average molecular weight is 136 g/mol.